The Labute approximate surface area is 171 Å². The van der Waals surface area contributed by atoms with Crippen molar-refractivity contribution in [3.63, 3.8) is 0 Å². The topological polar surface area (TPSA) is 76.3 Å². The molecular weight excluding hydrogens is 418 g/mol. The fourth-order valence-electron chi connectivity index (χ4n) is 2.57. The predicted octanol–water partition coefficient (Wildman–Crippen LogP) is 4.85. The molecule has 142 valence electrons. The zero-order chi connectivity index (χ0) is 19.6. The minimum absolute atomic E-state index is 0.0711. The molecule has 0 radical (unpaired) electrons. The van der Waals surface area contributed by atoms with E-state index in [1.54, 1.807) is 60.2 Å². The van der Waals surface area contributed by atoms with Crippen molar-refractivity contribution in [2.24, 2.45) is 0 Å². The lowest BCUT2D eigenvalue weighted by Gasteiger charge is -2.20. The molecule has 0 fully saturated rings. The van der Waals surface area contributed by atoms with Gasteiger partial charge in [0.15, 0.2) is 10.9 Å². The summed E-state index contributed by atoms with van der Waals surface area (Å²) in [5, 5.41) is 2.68. The Kier molecular flexibility index (Phi) is 5.17. The van der Waals surface area contributed by atoms with Crippen LogP contribution in [0.1, 0.15) is 5.89 Å². The molecule has 6 nitrogen and oxygen atoms in total. The summed E-state index contributed by atoms with van der Waals surface area (Å²) in [5.41, 5.74) is 0.801. The molecule has 0 aliphatic carbocycles. The number of hydrogen-bond acceptors (Lipinski definition) is 6. The van der Waals surface area contributed by atoms with E-state index in [1.165, 1.54) is 15.6 Å². The van der Waals surface area contributed by atoms with Crippen LogP contribution < -0.4 is 4.31 Å². The molecule has 4 aromatic rings. The Morgan fingerprint density at radius 3 is 2.46 bits per heavy atom. The molecule has 0 spiro atoms. The summed E-state index contributed by atoms with van der Waals surface area (Å²) >= 11 is 7.14. The van der Waals surface area contributed by atoms with Crippen LogP contribution in [0.4, 0.5) is 5.13 Å². The second-order valence-corrected chi connectivity index (χ2v) is 8.94. The standard InChI is InChI=1S/C19H14ClN3O3S2/c20-15-8-6-14(7-9-15)17-12-22-18(26-17)13-23(19-21-10-11-27-19)28(24,25)16-4-2-1-3-5-16/h1-12H,13H2. The van der Waals surface area contributed by atoms with Crippen LogP contribution in [-0.4, -0.2) is 18.4 Å². The van der Waals surface area contributed by atoms with Crippen molar-refractivity contribution < 1.29 is 12.8 Å². The van der Waals surface area contributed by atoms with Gasteiger partial charge < -0.3 is 4.42 Å². The van der Waals surface area contributed by atoms with Crippen molar-refractivity contribution in [2.45, 2.75) is 11.4 Å². The number of hydrogen-bond donors (Lipinski definition) is 0. The molecule has 0 N–H and O–H groups in total. The van der Waals surface area contributed by atoms with Gasteiger partial charge in [0.2, 0.25) is 5.89 Å². The van der Waals surface area contributed by atoms with Crippen LogP contribution in [0.2, 0.25) is 5.02 Å². The average molecular weight is 432 g/mol. The Morgan fingerprint density at radius 2 is 1.79 bits per heavy atom. The summed E-state index contributed by atoms with van der Waals surface area (Å²) in [6.45, 7) is -0.0711. The lowest BCUT2D eigenvalue weighted by molar-refractivity contribution is 0.505. The number of oxazole rings is 1. The number of nitrogens with zero attached hydrogens (tertiary/aromatic N) is 3. The first-order valence-electron chi connectivity index (χ1n) is 8.22. The van der Waals surface area contributed by atoms with Crippen LogP contribution in [0.15, 0.2) is 81.7 Å². The number of benzene rings is 2. The van der Waals surface area contributed by atoms with Gasteiger partial charge in [0.05, 0.1) is 11.1 Å². The van der Waals surface area contributed by atoms with E-state index in [0.29, 0.717) is 15.9 Å². The van der Waals surface area contributed by atoms with E-state index >= 15 is 0 Å². The summed E-state index contributed by atoms with van der Waals surface area (Å²) in [4.78, 5) is 8.58. The lowest BCUT2D eigenvalue weighted by Crippen LogP contribution is -2.30. The molecule has 0 saturated carbocycles. The maximum atomic E-state index is 13.2. The van der Waals surface area contributed by atoms with Crippen molar-refractivity contribution in [3.8, 4) is 11.3 Å². The molecule has 0 amide bonds. The molecule has 0 atom stereocenters. The van der Waals surface area contributed by atoms with Crippen LogP contribution in [0.3, 0.4) is 0 Å². The summed E-state index contributed by atoms with van der Waals surface area (Å²) in [7, 11) is -3.82. The van der Waals surface area contributed by atoms with Crippen molar-refractivity contribution in [3.05, 3.63) is 83.3 Å². The van der Waals surface area contributed by atoms with Gasteiger partial charge in [-0.15, -0.1) is 11.3 Å². The third kappa shape index (κ3) is 3.80. The minimum Gasteiger partial charge on any atom is -0.439 e. The summed E-state index contributed by atoms with van der Waals surface area (Å²) in [6.07, 6.45) is 3.12. The second-order valence-electron chi connectivity index (χ2n) is 5.76. The van der Waals surface area contributed by atoms with E-state index < -0.39 is 10.0 Å². The Hall–Kier alpha value is -2.68. The van der Waals surface area contributed by atoms with Gasteiger partial charge in [-0.2, -0.15) is 0 Å². The fraction of sp³-hybridized carbons (Fsp3) is 0.0526. The van der Waals surface area contributed by atoms with Crippen LogP contribution in [0, 0.1) is 0 Å². The lowest BCUT2D eigenvalue weighted by atomic mass is 10.2. The molecular formula is C19H14ClN3O3S2. The zero-order valence-electron chi connectivity index (χ0n) is 14.4. The number of thiazole rings is 1. The van der Waals surface area contributed by atoms with Crippen LogP contribution >= 0.6 is 22.9 Å². The number of anilines is 1. The highest BCUT2D eigenvalue weighted by Crippen LogP contribution is 2.29. The summed E-state index contributed by atoms with van der Waals surface area (Å²) in [5.74, 6) is 0.794. The van der Waals surface area contributed by atoms with Crippen molar-refractivity contribution >= 4 is 38.1 Å². The van der Waals surface area contributed by atoms with E-state index in [9.17, 15) is 8.42 Å². The minimum atomic E-state index is -3.82. The molecule has 0 unspecified atom stereocenters. The van der Waals surface area contributed by atoms with Gasteiger partial charge in [-0.1, -0.05) is 29.8 Å². The van der Waals surface area contributed by atoms with Crippen LogP contribution in [0.25, 0.3) is 11.3 Å². The van der Waals surface area contributed by atoms with Crippen molar-refractivity contribution in [1.82, 2.24) is 9.97 Å². The molecule has 0 bridgehead atoms. The molecule has 2 aromatic heterocycles. The van der Waals surface area contributed by atoms with Crippen molar-refractivity contribution in [1.29, 1.82) is 0 Å². The van der Waals surface area contributed by atoms with Crippen LogP contribution in [-0.2, 0) is 16.6 Å². The smallest absolute Gasteiger partial charge is 0.266 e. The van der Waals surface area contributed by atoms with E-state index in [0.717, 1.165) is 5.56 Å². The predicted molar refractivity (Wildman–Crippen MR) is 109 cm³/mol. The van der Waals surface area contributed by atoms with Crippen molar-refractivity contribution in [2.75, 3.05) is 4.31 Å². The molecule has 2 aromatic carbocycles. The highest BCUT2D eigenvalue weighted by Gasteiger charge is 2.28. The maximum absolute atomic E-state index is 13.2. The van der Waals surface area contributed by atoms with Gasteiger partial charge in [-0.05, 0) is 36.4 Å². The largest absolute Gasteiger partial charge is 0.439 e. The Bertz CT molecular complexity index is 1160. The van der Waals surface area contributed by atoms with Crippen LogP contribution in [0.5, 0.6) is 0 Å². The monoisotopic (exact) mass is 431 g/mol. The first-order valence-corrected chi connectivity index (χ1v) is 10.9. The summed E-state index contributed by atoms with van der Waals surface area (Å²) < 4.78 is 33.3. The van der Waals surface area contributed by atoms with Gasteiger partial charge in [0.1, 0.15) is 6.54 Å². The van der Waals surface area contributed by atoms with E-state index in [-0.39, 0.29) is 17.3 Å². The molecule has 0 aliphatic heterocycles. The van der Waals surface area contributed by atoms with E-state index in [4.69, 9.17) is 16.0 Å². The second kappa shape index (κ2) is 7.75. The van der Waals surface area contributed by atoms with Gasteiger partial charge in [0, 0.05) is 22.2 Å². The van der Waals surface area contributed by atoms with E-state index in [1.807, 2.05) is 12.1 Å². The molecule has 9 heteroatoms. The molecule has 4 rings (SSSR count). The third-order valence-electron chi connectivity index (χ3n) is 3.93. The zero-order valence-corrected chi connectivity index (χ0v) is 16.8. The quantitative estimate of drug-likeness (QED) is 0.436. The number of rotatable bonds is 6. The maximum Gasteiger partial charge on any atom is 0.266 e. The number of sulfonamides is 1. The molecule has 28 heavy (non-hydrogen) atoms. The average Bonchev–Trinajstić information content (AvgIpc) is 3.39. The highest BCUT2D eigenvalue weighted by molar-refractivity contribution is 7.93. The molecule has 2 heterocycles. The van der Waals surface area contributed by atoms with Gasteiger partial charge in [0.25, 0.3) is 10.0 Å². The number of halogens is 1. The van der Waals surface area contributed by atoms with E-state index in [2.05, 4.69) is 9.97 Å². The number of aromatic nitrogens is 2. The van der Waals surface area contributed by atoms with Gasteiger partial charge in [-0.3, -0.25) is 0 Å². The molecule has 0 aliphatic rings. The van der Waals surface area contributed by atoms with Gasteiger partial charge in [-0.25, -0.2) is 22.7 Å². The molecule has 0 saturated heterocycles. The third-order valence-corrected chi connectivity index (χ3v) is 6.84. The van der Waals surface area contributed by atoms with Gasteiger partial charge >= 0.3 is 0 Å². The Morgan fingerprint density at radius 1 is 1.04 bits per heavy atom. The fourth-order valence-corrected chi connectivity index (χ4v) is 4.95. The summed E-state index contributed by atoms with van der Waals surface area (Å²) in [6, 6.07) is 15.3. The first-order chi connectivity index (χ1) is 13.5. The normalized spacial score (nSPS) is 11.5. The SMILES string of the molecule is O=S(=O)(c1ccccc1)N(Cc1ncc(-c2ccc(Cl)cc2)o1)c1nccs1. The first kappa shape index (κ1) is 18.7. The Balaban J connectivity index is 1.67. The highest BCUT2D eigenvalue weighted by atomic mass is 35.5.